The van der Waals surface area contributed by atoms with Gasteiger partial charge in [0.2, 0.25) is 5.91 Å². The van der Waals surface area contributed by atoms with Gasteiger partial charge in [-0.1, -0.05) is 18.2 Å². The van der Waals surface area contributed by atoms with Crippen LogP contribution in [0.25, 0.3) is 11.0 Å². The molecule has 6 nitrogen and oxygen atoms in total. The molecule has 2 aliphatic heterocycles. The number of carbonyl (C=O) groups excluding carboxylic acids is 1. The van der Waals surface area contributed by atoms with Gasteiger partial charge < -0.3 is 14.6 Å². The van der Waals surface area contributed by atoms with Crippen LogP contribution in [0.5, 0.6) is 5.75 Å². The first kappa shape index (κ1) is 22.0. The molecule has 5 rings (SSSR count). The zero-order chi connectivity index (χ0) is 22.5. The van der Waals surface area contributed by atoms with E-state index >= 15 is 0 Å². The fourth-order valence-electron chi connectivity index (χ4n) is 4.95. The van der Waals surface area contributed by atoms with Gasteiger partial charge in [-0.3, -0.25) is 9.69 Å². The molecule has 0 radical (unpaired) electrons. The Balaban J connectivity index is 1.11. The van der Waals surface area contributed by atoms with Crippen LogP contribution >= 0.6 is 0 Å². The number of amides is 1. The van der Waals surface area contributed by atoms with Crippen LogP contribution in [0, 0.1) is 0 Å². The number of nitrogens with zero attached hydrogens (tertiary/aromatic N) is 3. The van der Waals surface area contributed by atoms with E-state index in [0.717, 1.165) is 73.5 Å². The molecule has 0 bridgehead atoms. The summed E-state index contributed by atoms with van der Waals surface area (Å²) >= 11 is 0. The molecular weight excluding hydrogens is 412 g/mol. The summed E-state index contributed by atoms with van der Waals surface area (Å²) in [5.74, 6) is 2.15. The highest BCUT2D eigenvalue weighted by Crippen LogP contribution is 2.19. The van der Waals surface area contributed by atoms with Gasteiger partial charge in [0.15, 0.2) is 0 Å². The molecule has 2 aromatic carbocycles. The quantitative estimate of drug-likeness (QED) is 0.497. The fraction of sp³-hybridized carbons (Fsp3) is 0.481. The fourth-order valence-corrected chi connectivity index (χ4v) is 4.95. The third kappa shape index (κ3) is 5.74. The number of aromatic amines is 1. The zero-order valence-electron chi connectivity index (χ0n) is 19.4. The summed E-state index contributed by atoms with van der Waals surface area (Å²) in [5, 5.41) is 0. The molecule has 1 N–H and O–H groups in total. The Labute approximate surface area is 195 Å². The molecule has 174 valence electrons. The van der Waals surface area contributed by atoms with Crippen molar-refractivity contribution in [3.8, 4) is 5.75 Å². The van der Waals surface area contributed by atoms with Gasteiger partial charge in [0.25, 0.3) is 0 Å². The van der Waals surface area contributed by atoms with Gasteiger partial charge in [-0.05, 0) is 80.6 Å². The molecule has 1 amide bonds. The number of ether oxygens (including phenoxy) is 1. The molecule has 1 aromatic heterocycles. The highest BCUT2D eigenvalue weighted by Gasteiger charge is 2.18. The van der Waals surface area contributed by atoms with Crippen molar-refractivity contribution in [2.75, 3.05) is 32.8 Å². The summed E-state index contributed by atoms with van der Waals surface area (Å²) in [6, 6.07) is 14.6. The molecule has 3 aromatic rings. The number of hydrogen-bond donors (Lipinski definition) is 1. The Morgan fingerprint density at radius 2 is 1.79 bits per heavy atom. The van der Waals surface area contributed by atoms with E-state index in [0.29, 0.717) is 13.0 Å². The minimum atomic E-state index is 0.230. The second-order valence-electron chi connectivity index (χ2n) is 9.38. The summed E-state index contributed by atoms with van der Waals surface area (Å²) in [6.45, 7) is 5.90. The van der Waals surface area contributed by atoms with E-state index in [4.69, 9.17) is 9.72 Å². The summed E-state index contributed by atoms with van der Waals surface area (Å²) < 4.78 is 6.02. The van der Waals surface area contributed by atoms with Crippen LogP contribution in [-0.2, 0) is 24.2 Å². The van der Waals surface area contributed by atoms with E-state index in [1.54, 1.807) is 0 Å². The Morgan fingerprint density at radius 3 is 2.64 bits per heavy atom. The van der Waals surface area contributed by atoms with Crippen LogP contribution in [-0.4, -0.2) is 58.5 Å². The SMILES string of the molecule is O=C(Cc1ccc2nc(CCCOc3cccc(CN4CCCC4)c3)[nH]c2c1)N1CCCC1. The summed E-state index contributed by atoms with van der Waals surface area (Å²) in [7, 11) is 0. The van der Waals surface area contributed by atoms with Gasteiger partial charge in [0.05, 0.1) is 24.1 Å². The standard InChI is InChI=1S/C27H34N4O2/c32-27(31-14-3-4-15-31)19-21-10-11-24-25(18-21)29-26(28-24)9-6-16-33-23-8-5-7-22(17-23)20-30-12-1-2-13-30/h5,7-8,10-11,17-18H,1-4,6,9,12-16,19-20H2,(H,28,29). The average Bonchev–Trinajstić information content (AvgIpc) is 3.58. The first-order valence-corrected chi connectivity index (χ1v) is 12.4. The maximum absolute atomic E-state index is 12.4. The number of hydrogen-bond acceptors (Lipinski definition) is 4. The van der Waals surface area contributed by atoms with Gasteiger partial charge in [0.1, 0.15) is 11.6 Å². The first-order valence-electron chi connectivity index (χ1n) is 12.4. The molecule has 0 spiro atoms. The molecule has 6 heteroatoms. The second kappa shape index (κ2) is 10.4. The van der Waals surface area contributed by atoms with E-state index in [9.17, 15) is 4.79 Å². The minimum absolute atomic E-state index is 0.230. The lowest BCUT2D eigenvalue weighted by Gasteiger charge is -2.15. The van der Waals surface area contributed by atoms with Crippen LogP contribution < -0.4 is 4.74 Å². The third-order valence-electron chi connectivity index (χ3n) is 6.74. The number of fused-ring (bicyclic) bond motifs is 1. The predicted molar refractivity (Wildman–Crippen MR) is 130 cm³/mol. The molecule has 0 atom stereocenters. The Kier molecular flexibility index (Phi) is 6.91. The Bertz CT molecular complexity index is 1080. The molecule has 33 heavy (non-hydrogen) atoms. The largest absolute Gasteiger partial charge is 0.494 e. The number of aromatic nitrogens is 2. The number of rotatable bonds is 9. The van der Waals surface area contributed by atoms with Gasteiger partial charge in [-0.25, -0.2) is 4.98 Å². The number of likely N-dealkylation sites (tertiary alicyclic amines) is 2. The van der Waals surface area contributed by atoms with Crippen molar-refractivity contribution in [2.24, 2.45) is 0 Å². The topological polar surface area (TPSA) is 61.5 Å². The number of benzene rings is 2. The van der Waals surface area contributed by atoms with Gasteiger partial charge in [-0.2, -0.15) is 0 Å². The van der Waals surface area contributed by atoms with Crippen molar-refractivity contribution in [1.29, 1.82) is 0 Å². The van der Waals surface area contributed by atoms with E-state index in [2.05, 4.69) is 34.1 Å². The van der Waals surface area contributed by atoms with Crippen LogP contribution in [0.3, 0.4) is 0 Å². The maximum Gasteiger partial charge on any atom is 0.226 e. The van der Waals surface area contributed by atoms with Gasteiger partial charge in [0, 0.05) is 26.1 Å². The van der Waals surface area contributed by atoms with E-state index in [1.165, 1.54) is 31.5 Å². The van der Waals surface area contributed by atoms with Crippen molar-refractivity contribution in [3.63, 3.8) is 0 Å². The van der Waals surface area contributed by atoms with Crippen LogP contribution in [0.2, 0.25) is 0 Å². The maximum atomic E-state index is 12.4. The average molecular weight is 447 g/mol. The first-order chi connectivity index (χ1) is 16.2. The Hall–Kier alpha value is -2.86. The third-order valence-corrected chi connectivity index (χ3v) is 6.74. The normalized spacial score (nSPS) is 16.7. The minimum Gasteiger partial charge on any atom is -0.494 e. The van der Waals surface area contributed by atoms with Crippen LogP contribution in [0.4, 0.5) is 0 Å². The lowest BCUT2D eigenvalue weighted by molar-refractivity contribution is -0.129. The van der Waals surface area contributed by atoms with Crippen molar-refractivity contribution in [3.05, 3.63) is 59.4 Å². The van der Waals surface area contributed by atoms with Crippen LogP contribution in [0.15, 0.2) is 42.5 Å². The van der Waals surface area contributed by atoms with Crippen LogP contribution in [0.1, 0.15) is 49.1 Å². The Morgan fingerprint density at radius 1 is 0.970 bits per heavy atom. The molecular formula is C27H34N4O2. The molecule has 0 aliphatic carbocycles. The zero-order valence-corrected chi connectivity index (χ0v) is 19.4. The highest BCUT2D eigenvalue weighted by atomic mass is 16.5. The van der Waals surface area contributed by atoms with E-state index < -0.39 is 0 Å². The lowest BCUT2D eigenvalue weighted by Crippen LogP contribution is -2.29. The smallest absolute Gasteiger partial charge is 0.226 e. The molecule has 3 heterocycles. The molecule has 2 fully saturated rings. The second-order valence-corrected chi connectivity index (χ2v) is 9.38. The number of aryl methyl sites for hydroxylation is 1. The number of H-pyrrole nitrogens is 1. The van der Waals surface area contributed by atoms with Gasteiger partial charge in [-0.15, -0.1) is 0 Å². The van der Waals surface area contributed by atoms with E-state index in [1.807, 2.05) is 23.1 Å². The number of imidazole rings is 1. The molecule has 2 saturated heterocycles. The van der Waals surface area contributed by atoms with Gasteiger partial charge >= 0.3 is 0 Å². The lowest BCUT2D eigenvalue weighted by atomic mass is 10.1. The van der Waals surface area contributed by atoms with Crippen molar-refractivity contribution in [1.82, 2.24) is 19.8 Å². The van der Waals surface area contributed by atoms with Crippen molar-refractivity contribution >= 4 is 16.9 Å². The molecule has 2 aliphatic rings. The highest BCUT2D eigenvalue weighted by molar-refractivity contribution is 5.82. The summed E-state index contributed by atoms with van der Waals surface area (Å²) in [6.07, 6.45) is 7.09. The summed E-state index contributed by atoms with van der Waals surface area (Å²) in [5.41, 5.74) is 4.34. The summed E-state index contributed by atoms with van der Waals surface area (Å²) in [4.78, 5) is 25.1. The van der Waals surface area contributed by atoms with Crippen molar-refractivity contribution < 1.29 is 9.53 Å². The predicted octanol–water partition coefficient (Wildman–Crippen LogP) is 4.34. The van der Waals surface area contributed by atoms with E-state index in [-0.39, 0.29) is 5.91 Å². The number of nitrogens with one attached hydrogen (secondary N) is 1. The molecule has 0 saturated carbocycles. The molecule has 0 unspecified atom stereocenters. The monoisotopic (exact) mass is 446 g/mol. The number of carbonyl (C=O) groups is 1. The van der Waals surface area contributed by atoms with Crippen molar-refractivity contribution in [2.45, 2.75) is 51.5 Å².